The van der Waals surface area contributed by atoms with Gasteiger partial charge in [-0.05, 0) is 61.7 Å². The Morgan fingerprint density at radius 2 is 1.94 bits per heavy atom. The first-order chi connectivity index (χ1) is 7.84. The topological polar surface area (TPSA) is 0 Å². The van der Waals surface area contributed by atoms with E-state index in [4.69, 9.17) is 11.6 Å². The second-order valence-electron chi connectivity index (χ2n) is 6.25. The molecule has 0 aliphatic heterocycles. The molecular weight excluding hydrogens is 216 g/mol. The Labute approximate surface area is 104 Å². The van der Waals surface area contributed by atoms with Crippen LogP contribution in [0.4, 0.5) is 0 Å². The van der Waals surface area contributed by atoms with Crippen LogP contribution in [-0.2, 0) is 0 Å². The summed E-state index contributed by atoms with van der Waals surface area (Å²) < 4.78 is 0. The highest BCUT2D eigenvalue weighted by Crippen LogP contribution is 2.58. The zero-order valence-electron chi connectivity index (χ0n) is 10.1. The fourth-order valence-corrected chi connectivity index (χ4v) is 4.92. The van der Waals surface area contributed by atoms with Gasteiger partial charge in [0.1, 0.15) is 0 Å². The summed E-state index contributed by atoms with van der Waals surface area (Å²) in [7, 11) is 0. The van der Waals surface area contributed by atoms with E-state index in [0.29, 0.717) is 5.41 Å². The molecule has 0 aromatic rings. The highest BCUT2D eigenvalue weighted by Gasteiger charge is 2.48. The summed E-state index contributed by atoms with van der Waals surface area (Å²) in [6, 6.07) is 0. The molecule has 0 spiro atoms. The predicted octanol–water partition coefficient (Wildman–Crippen LogP) is 4.78. The second kappa shape index (κ2) is 4.37. The van der Waals surface area contributed by atoms with Gasteiger partial charge in [-0.3, -0.25) is 0 Å². The number of hydrogen-bond donors (Lipinski definition) is 0. The first-order valence-corrected chi connectivity index (χ1v) is 7.62. The minimum absolute atomic E-state index is 0.694. The van der Waals surface area contributed by atoms with Gasteiger partial charge in [-0.1, -0.05) is 25.0 Å². The van der Waals surface area contributed by atoms with Gasteiger partial charge in [0.2, 0.25) is 0 Å². The predicted molar refractivity (Wildman–Crippen MR) is 69.7 cm³/mol. The highest BCUT2D eigenvalue weighted by atomic mass is 35.5. The van der Waals surface area contributed by atoms with Crippen molar-refractivity contribution in [3.05, 3.63) is 12.2 Å². The summed E-state index contributed by atoms with van der Waals surface area (Å²) in [5.74, 6) is 3.73. The fraction of sp³-hybridized carbons (Fsp3) is 0.867. The molecule has 2 fully saturated rings. The van der Waals surface area contributed by atoms with E-state index in [9.17, 15) is 0 Å². The van der Waals surface area contributed by atoms with E-state index in [1.165, 1.54) is 51.4 Å². The molecule has 16 heavy (non-hydrogen) atoms. The molecule has 0 aromatic heterocycles. The summed E-state index contributed by atoms with van der Waals surface area (Å²) in [6.45, 7) is 0. The lowest BCUT2D eigenvalue weighted by Gasteiger charge is -2.39. The van der Waals surface area contributed by atoms with Gasteiger partial charge in [-0.15, -0.1) is 11.6 Å². The smallest absolute Gasteiger partial charge is 0.0223 e. The Morgan fingerprint density at radius 1 is 1.12 bits per heavy atom. The van der Waals surface area contributed by atoms with Crippen LogP contribution in [0, 0.1) is 23.2 Å². The maximum absolute atomic E-state index is 5.91. The van der Waals surface area contributed by atoms with Crippen molar-refractivity contribution in [1.29, 1.82) is 0 Å². The van der Waals surface area contributed by atoms with Crippen LogP contribution in [0.3, 0.4) is 0 Å². The van der Waals surface area contributed by atoms with Crippen LogP contribution in [-0.4, -0.2) is 5.88 Å². The van der Waals surface area contributed by atoms with Gasteiger partial charge in [0.15, 0.2) is 0 Å². The monoisotopic (exact) mass is 238 g/mol. The number of halogens is 1. The summed E-state index contributed by atoms with van der Waals surface area (Å²) >= 11 is 5.91. The van der Waals surface area contributed by atoms with E-state index in [1.807, 2.05) is 0 Å². The molecule has 3 rings (SSSR count). The molecule has 3 aliphatic rings. The standard InChI is InChI=1S/C15H23Cl/c16-9-3-8-15(6-1-2-7-15)14-11-12-4-5-13(14)10-12/h4-5,12-14H,1-3,6-11H2. The molecule has 1 heteroatoms. The Hall–Kier alpha value is 0.0300. The Balaban J connectivity index is 1.75. The molecule has 3 atom stereocenters. The molecule has 2 saturated carbocycles. The maximum Gasteiger partial charge on any atom is 0.0223 e. The van der Waals surface area contributed by atoms with Gasteiger partial charge < -0.3 is 0 Å². The summed E-state index contributed by atoms with van der Waals surface area (Å²) in [6.07, 6.45) is 16.5. The van der Waals surface area contributed by atoms with Crippen molar-refractivity contribution in [2.75, 3.05) is 5.88 Å². The van der Waals surface area contributed by atoms with Gasteiger partial charge in [0.25, 0.3) is 0 Å². The van der Waals surface area contributed by atoms with E-state index in [1.54, 1.807) is 0 Å². The summed E-state index contributed by atoms with van der Waals surface area (Å²) in [5, 5.41) is 0. The first kappa shape index (κ1) is 11.1. The third-order valence-corrected chi connectivity index (χ3v) is 5.74. The molecule has 0 nitrogen and oxygen atoms in total. The van der Waals surface area contributed by atoms with E-state index in [2.05, 4.69) is 12.2 Å². The van der Waals surface area contributed by atoms with Gasteiger partial charge in [-0.2, -0.15) is 0 Å². The average Bonchev–Trinajstić information content (AvgIpc) is 3.02. The third-order valence-electron chi connectivity index (χ3n) is 5.47. The van der Waals surface area contributed by atoms with Crippen molar-refractivity contribution < 1.29 is 0 Å². The molecule has 3 unspecified atom stereocenters. The third kappa shape index (κ3) is 1.74. The average molecular weight is 239 g/mol. The molecule has 0 radical (unpaired) electrons. The molecule has 3 aliphatic carbocycles. The van der Waals surface area contributed by atoms with Crippen molar-refractivity contribution in [1.82, 2.24) is 0 Å². The lowest BCUT2D eigenvalue weighted by molar-refractivity contribution is 0.124. The lowest BCUT2D eigenvalue weighted by Crippen LogP contribution is -2.30. The van der Waals surface area contributed by atoms with Gasteiger partial charge in [-0.25, -0.2) is 0 Å². The van der Waals surface area contributed by atoms with E-state index < -0.39 is 0 Å². The Bertz CT molecular complexity index is 275. The second-order valence-corrected chi connectivity index (χ2v) is 6.63. The van der Waals surface area contributed by atoms with Gasteiger partial charge >= 0.3 is 0 Å². The molecule has 2 bridgehead atoms. The zero-order chi connectivity index (χ0) is 11.0. The van der Waals surface area contributed by atoms with Crippen LogP contribution in [0.2, 0.25) is 0 Å². The fourth-order valence-electron chi connectivity index (χ4n) is 4.79. The molecule has 0 heterocycles. The normalized spacial score (nSPS) is 39.7. The number of alkyl halides is 1. The van der Waals surface area contributed by atoms with Crippen LogP contribution in [0.15, 0.2) is 12.2 Å². The molecule has 0 saturated heterocycles. The molecule has 0 amide bonds. The van der Waals surface area contributed by atoms with Crippen molar-refractivity contribution >= 4 is 11.6 Å². The molecular formula is C15H23Cl. The van der Waals surface area contributed by atoms with Crippen LogP contribution in [0.5, 0.6) is 0 Å². The zero-order valence-corrected chi connectivity index (χ0v) is 10.9. The SMILES string of the molecule is ClCCCC1(C2CC3C=CC2C3)CCCC1. The van der Waals surface area contributed by atoms with E-state index in [-0.39, 0.29) is 0 Å². The number of rotatable bonds is 4. The van der Waals surface area contributed by atoms with Gasteiger partial charge in [0.05, 0.1) is 0 Å². The van der Waals surface area contributed by atoms with E-state index in [0.717, 1.165) is 23.6 Å². The van der Waals surface area contributed by atoms with Crippen LogP contribution in [0.1, 0.15) is 51.4 Å². The van der Waals surface area contributed by atoms with Crippen LogP contribution < -0.4 is 0 Å². The van der Waals surface area contributed by atoms with E-state index >= 15 is 0 Å². The summed E-state index contributed by atoms with van der Waals surface area (Å²) in [4.78, 5) is 0. The maximum atomic E-state index is 5.91. The Kier molecular flexibility index (Phi) is 3.04. The molecule has 90 valence electrons. The first-order valence-electron chi connectivity index (χ1n) is 7.08. The minimum atomic E-state index is 0.694. The summed E-state index contributed by atoms with van der Waals surface area (Å²) in [5.41, 5.74) is 0.694. The van der Waals surface area contributed by atoms with Crippen molar-refractivity contribution in [2.45, 2.75) is 51.4 Å². The van der Waals surface area contributed by atoms with Crippen molar-refractivity contribution in [2.24, 2.45) is 23.2 Å². The van der Waals surface area contributed by atoms with Gasteiger partial charge in [0, 0.05) is 5.88 Å². The number of allylic oxidation sites excluding steroid dienone is 2. The number of fused-ring (bicyclic) bond motifs is 2. The largest absolute Gasteiger partial charge is 0.127 e. The Morgan fingerprint density at radius 3 is 2.50 bits per heavy atom. The molecule has 0 aromatic carbocycles. The lowest BCUT2D eigenvalue weighted by atomic mass is 9.66. The van der Waals surface area contributed by atoms with Crippen molar-refractivity contribution in [3.63, 3.8) is 0 Å². The van der Waals surface area contributed by atoms with Crippen molar-refractivity contribution in [3.8, 4) is 0 Å². The quantitative estimate of drug-likeness (QED) is 0.489. The minimum Gasteiger partial charge on any atom is -0.127 e. The number of hydrogen-bond acceptors (Lipinski definition) is 0. The highest BCUT2D eigenvalue weighted by molar-refractivity contribution is 6.17. The van der Waals surface area contributed by atoms with Crippen LogP contribution in [0.25, 0.3) is 0 Å². The van der Waals surface area contributed by atoms with Crippen LogP contribution >= 0.6 is 11.6 Å². The molecule has 0 N–H and O–H groups in total.